The lowest BCUT2D eigenvalue weighted by atomic mass is 10.2. The molecule has 17 heavy (non-hydrogen) atoms. The van der Waals surface area contributed by atoms with Crippen molar-refractivity contribution in [1.29, 1.82) is 0 Å². The second-order valence-corrected chi connectivity index (χ2v) is 4.34. The summed E-state index contributed by atoms with van der Waals surface area (Å²) in [6.45, 7) is 0.403. The second-order valence-electron chi connectivity index (χ2n) is 4.34. The molecule has 0 unspecified atom stereocenters. The van der Waals surface area contributed by atoms with Crippen LogP contribution < -0.4 is 15.0 Å². The van der Waals surface area contributed by atoms with Crippen molar-refractivity contribution in [2.75, 3.05) is 7.11 Å². The third-order valence-corrected chi connectivity index (χ3v) is 3.11. The molecule has 2 N–H and O–H groups in total. The maximum atomic E-state index is 8.66. The fourth-order valence-corrected chi connectivity index (χ4v) is 2.20. The standard InChI is InChI=1S/C13H19NO3/c1-16-13-8-10(9-14-15)6-7-12(13)17-11-4-2-3-5-11/h6-8,11,14-15H,2-5,9H2,1H3. The summed E-state index contributed by atoms with van der Waals surface area (Å²) in [6, 6.07) is 5.72. The van der Waals surface area contributed by atoms with Crippen LogP contribution in [0.1, 0.15) is 31.2 Å². The number of hydroxylamine groups is 1. The first-order chi connectivity index (χ1) is 8.33. The molecule has 0 spiro atoms. The molecule has 0 aromatic heterocycles. The highest BCUT2D eigenvalue weighted by atomic mass is 16.5. The monoisotopic (exact) mass is 237 g/mol. The predicted octanol–water partition coefficient (Wildman–Crippen LogP) is 2.50. The Hall–Kier alpha value is -1.26. The molecule has 1 saturated carbocycles. The van der Waals surface area contributed by atoms with Crippen molar-refractivity contribution in [2.24, 2.45) is 0 Å². The van der Waals surface area contributed by atoms with E-state index in [2.05, 4.69) is 5.48 Å². The summed E-state index contributed by atoms with van der Waals surface area (Å²) >= 11 is 0. The van der Waals surface area contributed by atoms with E-state index in [1.54, 1.807) is 7.11 Å². The van der Waals surface area contributed by atoms with Gasteiger partial charge in [-0.3, -0.25) is 0 Å². The molecular formula is C13H19NO3. The molecule has 0 saturated heterocycles. The lowest BCUT2D eigenvalue weighted by Gasteiger charge is -2.16. The zero-order chi connectivity index (χ0) is 12.1. The van der Waals surface area contributed by atoms with Crippen LogP contribution in [0.15, 0.2) is 18.2 Å². The molecule has 0 amide bonds. The number of hydrogen-bond acceptors (Lipinski definition) is 4. The molecule has 0 aliphatic heterocycles. The van der Waals surface area contributed by atoms with E-state index >= 15 is 0 Å². The highest BCUT2D eigenvalue weighted by Gasteiger charge is 2.18. The number of methoxy groups -OCH3 is 1. The lowest BCUT2D eigenvalue weighted by molar-refractivity contribution is 0.161. The summed E-state index contributed by atoms with van der Waals surface area (Å²) in [4.78, 5) is 0. The van der Waals surface area contributed by atoms with Gasteiger partial charge in [0.25, 0.3) is 0 Å². The van der Waals surface area contributed by atoms with E-state index in [1.165, 1.54) is 12.8 Å². The highest BCUT2D eigenvalue weighted by molar-refractivity contribution is 5.43. The molecule has 1 aliphatic rings. The number of nitrogens with one attached hydrogen (secondary N) is 1. The minimum absolute atomic E-state index is 0.325. The van der Waals surface area contributed by atoms with Gasteiger partial charge >= 0.3 is 0 Å². The van der Waals surface area contributed by atoms with Gasteiger partial charge in [-0.15, -0.1) is 0 Å². The fraction of sp³-hybridized carbons (Fsp3) is 0.538. The summed E-state index contributed by atoms with van der Waals surface area (Å²) in [6.07, 6.45) is 5.08. The van der Waals surface area contributed by atoms with Crippen LogP contribution >= 0.6 is 0 Å². The van der Waals surface area contributed by atoms with Crippen LogP contribution in [0.2, 0.25) is 0 Å². The zero-order valence-electron chi connectivity index (χ0n) is 10.1. The topological polar surface area (TPSA) is 50.7 Å². The molecule has 94 valence electrons. The Morgan fingerprint density at radius 1 is 1.29 bits per heavy atom. The van der Waals surface area contributed by atoms with Crippen molar-refractivity contribution in [3.8, 4) is 11.5 Å². The summed E-state index contributed by atoms with van der Waals surface area (Å²) in [5, 5.41) is 8.66. The second kappa shape index (κ2) is 5.89. The van der Waals surface area contributed by atoms with Gasteiger partial charge in [-0.05, 0) is 43.4 Å². The smallest absolute Gasteiger partial charge is 0.161 e. The highest BCUT2D eigenvalue weighted by Crippen LogP contribution is 2.32. The van der Waals surface area contributed by atoms with Crippen molar-refractivity contribution in [3.05, 3.63) is 23.8 Å². The molecule has 4 nitrogen and oxygen atoms in total. The van der Waals surface area contributed by atoms with Crippen LogP contribution in [0.3, 0.4) is 0 Å². The van der Waals surface area contributed by atoms with E-state index in [1.807, 2.05) is 18.2 Å². The third kappa shape index (κ3) is 3.11. The zero-order valence-corrected chi connectivity index (χ0v) is 10.1. The van der Waals surface area contributed by atoms with Crippen molar-refractivity contribution in [2.45, 2.75) is 38.3 Å². The Bertz CT molecular complexity index is 362. The SMILES string of the molecule is COc1cc(CNO)ccc1OC1CCCC1. The average Bonchev–Trinajstić information content (AvgIpc) is 2.84. The maximum Gasteiger partial charge on any atom is 0.161 e. The van der Waals surface area contributed by atoms with Crippen LogP contribution in [0.4, 0.5) is 0 Å². The lowest BCUT2D eigenvalue weighted by Crippen LogP contribution is -2.12. The van der Waals surface area contributed by atoms with Gasteiger partial charge in [-0.25, -0.2) is 5.48 Å². The molecule has 1 aromatic rings. The first-order valence-corrected chi connectivity index (χ1v) is 6.04. The van der Waals surface area contributed by atoms with Crippen molar-refractivity contribution in [1.82, 2.24) is 5.48 Å². The van der Waals surface area contributed by atoms with E-state index in [0.29, 0.717) is 12.6 Å². The van der Waals surface area contributed by atoms with Gasteiger partial charge in [0.15, 0.2) is 11.5 Å². The minimum atomic E-state index is 0.325. The number of benzene rings is 1. The Kier molecular flexibility index (Phi) is 4.23. The van der Waals surface area contributed by atoms with Gasteiger partial charge in [0.2, 0.25) is 0 Å². The first-order valence-electron chi connectivity index (χ1n) is 6.04. The molecule has 1 aliphatic carbocycles. The van der Waals surface area contributed by atoms with E-state index in [0.717, 1.165) is 29.9 Å². The van der Waals surface area contributed by atoms with Crippen LogP contribution in [0.25, 0.3) is 0 Å². The molecule has 0 radical (unpaired) electrons. The van der Waals surface area contributed by atoms with Crippen molar-refractivity contribution in [3.63, 3.8) is 0 Å². The molecule has 0 bridgehead atoms. The van der Waals surface area contributed by atoms with Crippen LogP contribution in [0.5, 0.6) is 11.5 Å². The number of rotatable bonds is 5. The Morgan fingerprint density at radius 2 is 2.06 bits per heavy atom. The summed E-state index contributed by atoms with van der Waals surface area (Å²) in [5.74, 6) is 1.52. The molecule has 0 heterocycles. The predicted molar refractivity (Wildman–Crippen MR) is 64.5 cm³/mol. The maximum absolute atomic E-state index is 8.66. The largest absolute Gasteiger partial charge is 0.493 e. The fourth-order valence-electron chi connectivity index (χ4n) is 2.20. The number of hydrogen-bond donors (Lipinski definition) is 2. The first kappa shape index (κ1) is 12.2. The van der Waals surface area contributed by atoms with Crippen LogP contribution in [-0.4, -0.2) is 18.4 Å². The van der Waals surface area contributed by atoms with Crippen LogP contribution in [-0.2, 0) is 6.54 Å². The van der Waals surface area contributed by atoms with Gasteiger partial charge in [0, 0.05) is 6.54 Å². The van der Waals surface area contributed by atoms with Crippen molar-refractivity contribution < 1.29 is 14.7 Å². The summed E-state index contributed by atoms with van der Waals surface area (Å²) in [7, 11) is 1.63. The normalized spacial score (nSPS) is 16.1. The minimum Gasteiger partial charge on any atom is -0.493 e. The van der Waals surface area contributed by atoms with Gasteiger partial charge in [0.05, 0.1) is 13.2 Å². The van der Waals surface area contributed by atoms with Gasteiger partial charge in [0.1, 0.15) is 0 Å². The Balaban J connectivity index is 2.09. The summed E-state index contributed by atoms with van der Waals surface area (Å²) < 4.78 is 11.2. The van der Waals surface area contributed by atoms with E-state index in [-0.39, 0.29) is 0 Å². The van der Waals surface area contributed by atoms with Crippen LogP contribution in [0, 0.1) is 0 Å². The third-order valence-electron chi connectivity index (χ3n) is 3.11. The van der Waals surface area contributed by atoms with E-state index in [4.69, 9.17) is 14.7 Å². The molecule has 1 aromatic carbocycles. The molecule has 2 rings (SSSR count). The Morgan fingerprint density at radius 3 is 2.71 bits per heavy atom. The van der Waals surface area contributed by atoms with Gasteiger partial charge in [-0.2, -0.15) is 0 Å². The van der Waals surface area contributed by atoms with E-state index < -0.39 is 0 Å². The molecule has 0 atom stereocenters. The average molecular weight is 237 g/mol. The molecular weight excluding hydrogens is 218 g/mol. The van der Waals surface area contributed by atoms with Gasteiger partial charge in [-0.1, -0.05) is 6.07 Å². The molecule has 1 fully saturated rings. The quantitative estimate of drug-likeness (QED) is 0.772. The van der Waals surface area contributed by atoms with E-state index in [9.17, 15) is 0 Å². The van der Waals surface area contributed by atoms with Crippen molar-refractivity contribution >= 4 is 0 Å². The number of ether oxygens (including phenoxy) is 2. The summed E-state index contributed by atoms with van der Waals surface area (Å²) in [5.41, 5.74) is 3.09. The van der Waals surface area contributed by atoms with Gasteiger partial charge < -0.3 is 14.7 Å². The molecule has 4 heteroatoms. The Labute approximate surface area is 102 Å².